The van der Waals surface area contributed by atoms with Crippen molar-refractivity contribution in [3.8, 4) is 0 Å². The van der Waals surface area contributed by atoms with Gasteiger partial charge >= 0.3 is 0 Å². The first-order valence-corrected chi connectivity index (χ1v) is 9.39. The Kier molecular flexibility index (Phi) is 8.07. The van der Waals surface area contributed by atoms with Crippen molar-refractivity contribution in [3.63, 3.8) is 0 Å². The van der Waals surface area contributed by atoms with Crippen molar-refractivity contribution in [1.82, 2.24) is 0 Å². The quantitative estimate of drug-likeness (QED) is 0.520. The van der Waals surface area contributed by atoms with Crippen LogP contribution in [-0.4, -0.2) is 26.6 Å². The van der Waals surface area contributed by atoms with E-state index in [1.54, 1.807) is 0 Å². The summed E-state index contributed by atoms with van der Waals surface area (Å²) in [6.45, 7) is 16.5. The fourth-order valence-corrected chi connectivity index (χ4v) is 8.61. The van der Waals surface area contributed by atoms with E-state index in [0.29, 0.717) is 23.2 Å². The van der Waals surface area contributed by atoms with Gasteiger partial charge in [-0.05, 0) is 28.6 Å². The topological polar surface area (TPSA) is 29.5 Å². The summed E-state index contributed by atoms with van der Waals surface area (Å²) in [7, 11) is -1.79. The maximum Gasteiger partial charge on any atom is 0.200 e. The lowest BCUT2D eigenvalue weighted by atomic mass is 10.2. The van der Waals surface area contributed by atoms with Crippen LogP contribution < -0.4 is 0 Å². The van der Waals surface area contributed by atoms with Gasteiger partial charge < -0.3 is 9.53 Å². The van der Waals surface area contributed by atoms with Gasteiger partial charge in [0, 0.05) is 0 Å². The van der Waals surface area contributed by atoms with Gasteiger partial charge in [0.25, 0.3) is 0 Å². The lowest BCUT2D eigenvalue weighted by Crippen LogP contribution is -2.48. The van der Waals surface area contributed by atoms with Crippen LogP contribution in [0.25, 0.3) is 0 Å². The summed E-state index contributed by atoms with van der Waals surface area (Å²) in [5, 5.41) is 9.34. The van der Waals surface area contributed by atoms with Gasteiger partial charge in [0.05, 0.1) is 13.2 Å². The van der Waals surface area contributed by atoms with Crippen molar-refractivity contribution >= 4 is 8.32 Å². The second kappa shape index (κ2) is 8.13. The van der Waals surface area contributed by atoms with Gasteiger partial charge in [0.15, 0.2) is 0 Å². The molecule has 3 heteroatoms. The number of aliphatic hydroxyl groups excluding tert-OH is 1. The standard InChI is InChI=1S/C15H32O2Si/c1-8-9-15(10-16)11-17-18(12(2)3,13(4)5)14(6)7/h9,12-14,16H,8,10-11H2,1-7H3/b15-9-. The molecule has 0 amide bonds. The van der Waals surface area contributed by atoms with Gasteiger partial charge in [0.2, 0.25) is 8.32 Å². The summed E-state index contributed by atoms with van der Waals surface area (Å²) in [4.78, 5) is 0. The van der Waals surface area contributed by atoms with Crippen LogP contribution in [0.5, 0.6) is 0 Å². The lowest BCUT2D eigenvalue weighted by molar-refractivity contribution is 0.267. The van der Waals surface area contributed by atoms with Crippen molar-refractivity contribution in [2.24, 2.45) is 0 Å². The van der Waals surface area contributed by atoms with Gasteiger partial charge in [0.1, 0.15) is 0 Å². The van der Waals surface area contributed by atoms with Crippen LogP contribution in [0.4, 0.5) is 0 Å². The average molecular weight is 273 g/mol. The van der Waals surface area contributed by atoms with Crippen LogP contribution in [0.3, 0.4) is 0 Å². The number of allylic oxidation sites excluding steroid dienone is 1. The minimum absolute atomic E-state index is 0.118. The molecule has 0 rings (SSSR count). The van der Waals surface area contributed by atoms with Crippen LogP contribution in [0.15, 0.2) is 11.6 Å². The summed E-state index contributed by atoms with van der Waals surface area (Å²) >= 11 is 0. The van der Waals surface area contributed by atoms with Crippen LogP contribution in [0.2, 0.25) is 16.6 Å². The molecule has 0 radical (unpaired) electrons. The molecule has 2 nitrogen and oxygen atoms in total. The molecular formula is C15H32O2Si. The predicted molar refractivity (Wildman–Crippen MR) is 82.5 cm³/mol. The first-order chi connectivity index (χ1) is 8.32. The SMILES string of the molecule is CC/C=C(/CO)CO[Si](C(C)C)(C(C)C)C(C)C. The molecule has 1 N–H and O–H groups in total. The van der Waals surface area contributed by atoms with E-state index in [1.165, 1.54) is 0 Å². The molecule has 0 aromatic rings. The third-order valence-corrected chi connectivity index (χ3v) is 9.97. The lowest BCUT2D eigenvalue weighted by Gasteiger charge is -2.42. The molecule has 0 saturated carbocycles. The van der Waals surface area contributed by atoms with Gasteiger partial charge in [-0.2, -0.15) is 0 Å². The third-order valence-electron chi connectivity index (χ3n) is 3.91. The largest absolute Gasteiger partial charge is 0.412 e. The zero-order valence-corrected chi connectivity index (χ0v) is 14.3. The molecule has 0 atom stereocenters. The molecule has 0 fully saturated rings. The van der Waals surface area contributed by atoms with E-state index in [9.17, 15) is 5.11 Å². The van der Waals surface area contributed by atoms with Crippen LogP contribution in [0.1, 0.15) is 54.9 Å². The van der Waals surface area contributed by atoms with E-state index >= 15 is 0 Å². The average Bonchev–Trinajstić information content (AvgIpc) is 2.26. The summed E-state index contributed by atoms with van der Waals surface area (Å²) in [5.41, 5.74) is 2.81. The highest BCUT2D eigenvalue weighted by Crippen LogP contribution is 2.42. The van der Waals surface area contributed by atoms with E-state index in [1.807, 2.05) is 0 Å². The minimum atomic E-state index is -1.79. The van der Waals surface area contributed by atoms with E-state index in [4.69, 9.17) is 4.43 Å². The Morgan fingerprint density at radius 3 is 1.78 bits per heavy atom. The van der Waals surface area contributed by atoms with Crippen LogP contribution in [0, 0.1) is 0 Å². The van der Waals surface area contributed by atoms with Crippen molar-refractivity contribution in [3.05, 3.63) is 11.6 Å². The highest BCUT2D eigenvalue weighted by molar-refractivity contribution is 6.77. The molecule has 0 aliphatic heterocycles. The molecule has 0 aliphatic carbocycles. The summed E-state index contributed by atoms with van der Waals surface area (Å²) in [6, 6.07) is 0. The Hall–Kier alpha value is -0.123. The highest BCUT2D eigenvalue weighted by atomic mass is 28.4. The van der Waals surface area contributed by atoms with Crippen LogP contribution in [-0.2, 0) is 4.43 Å². The Morgan fingerprint density at radius 2 is 1.50 bits per heavy atom. The number of rotatable bonds is 8. The molecular weight excluding hydrogens is 240 g/mol. The first kappa shape index (κ1) is 17.9. The fourth-order valence-electron chi connectivity index (χ4n) is 3.18. The van der Waals surface area contributed by atoms with Gasteiger partial charge in [-0.1, -0.05) is 54.5 Å². The van der Waals surface area contributed by atoms with E-state index < -0.39 is 8.32 Å². The van der Waals surface area contributed by atoms with Gasteiger partial charge in [-0.15, -0.1) is 0 Å². The second-order valence-corrected chi connectivity index (χ2v) is 11.5. The summed E-state index contributed by atoms with van der Waals surface area (Å²) in [5.74, 6) is 0. The normalized spacial score (nSPS) is 14.1. The Morgan fingerprint density at radius 1 is 1.06 bits per heavy atom. The minimum Gasteiger partial charge on any atom is -0.412 e. The zero-order chi connectivity index (χ0) is 14.3. The van der Waals surface area contributed by atoms with Crippen LogP contribution >= 0.6 is 0 Å². The first-order valence-electron chi connectivity index (χ1n) is 7.25. The Labute approximate surface area is 115 Å². The van der Waals surface area contributed by atoms with Crippen molar-refractivity contribution < 1.29 is 9.53 Å². The van der Waals surface area contributed by atoms with Crippen molar-refractivity contribution in [2.75, 3.05) is 13.2 Å². The van der Waals surface area contributed by atoms with Gasteiger partial charge in [-0.25, -0.2) is 0 Å². The molecule has 0 unspecified atom stereocenters. The Balaban J connectivity index is 4.96. The van der Waals surface area contributed by atoms with Gasteiger partial charge in [-0.3, -0.25) is 0 Å². The zero-order valence-electron chi connectivity index (χ0n) is 13.3. The molecule has 0 heterocycles. The molecule has 108 valence electrons. The maximum absolute atomic E-state index is 9.34. The fraction of sp³-hybridized carbons (Fsp3) is 0.867. The third kappa shape index (κ3) is 4.21. The maximum atomic E-state index is 9.34. The summed E-state index contributed by atoms with van der Waals surface area (Å²) in [6.07, 6.45) is 3.04. The molecule has 18 heavy (non-hydrogen) atoms. The number of aliphatic hydroxyl groups is 1. The molecule has 0 bridgehead atoms. The van der Waals surface area contributed by atoms with Crippen molar-refractivity contribution in [2.45, 2.75) is 71.5 Å². The molecule has 0 spiro atoms. The second-order valence-electron chi connectivity index (χ2n) is 6.04. The molecule has 0 aromatic heterocycles. The molecule has 0 saturated heterocycles. The van der Waals surface area contributed by atoms with Crippen molar-refractivity contribution in [1.29, 1.82) is 0 Å². The molecule has 0 aromatic carbocycles. The predicted octanol–water partition coefficient (Wildman–Crippen LogP) is 4.51. The number of hydrogen-bond donors (Lipinski definition) is 1. The monoisotopic (exact) mass is 272 g/mol. The molecule has 0 aliphatic rings. The number of hydrogen-bond acceptors (Lipinski definition) is 2. The van der Waals surface area contributed by atoms with E-state index in [2.05, 4.69) is 54.5 Å². The summed E-state index contributed by atoms with van der Waals surface area (Å²) < 4.78 is 6.43. The van der Waals surface area contributed by atoms with E-state index in [0.717, 1.165) is 12.0 Å². The smallest absolute Gasteiger partial charge is 0.200 e. The Bertz CT molecular complexity index is 235. The van der Waals surface area contributed by atoms with E-state index in [-0.39, 0.29) is 6.61 Å². The highest BCUT2D eigenvalue weighted by Gasteiger charge is 2.44.